The molecule has 1 heterocycles. The molecule has 0 unspecified atom stereocenters. The Bertz CT molecular complexity index is 1030. The summed E-state index contributed by atoms with van der Waals surface area (Å²) in [6.45, 7) is 10.5. The van der Waals surface area contributed by atoms with E-state index in [1.54, 1.807) is 19.1 Å². The fourth-order valence-electron chi connectivity index (χ4n) is 2.86. The fraction of sp³-hybridized carbons (Fsp3) is 0.320. The molecular formula is C25H28N2O3. The average Bonchev–Trinajstić information content (AvgIpc) is 2.78. The number of hydrogen-bond donors (Lipinski definition) is 0. The Balaban J connectivity index is 0.00000155. The predicted octanol–water partition coefficient (Wildman–Crippen LogP) is 5.64. The molecule has 3 aromatic rings. The first kappa shape index (κ1) is 22.9. The van der Waals surface area contributed by atoms with E-state index in [2.05, 4.69) is 41.9 Å². The van der Waals surface area contributed by atoms with Crippen LogP contribution in [0.25, 0.3) is 22.2 Å². The van der Waals surface area contributed by atoms with Gasteiger partial charge in [0, 0.05) is 10.9 Å². The van der Waals surface area contributed by atoms with E-state index in [1.165, 1.54) is 5.56 Å². The third-order valence-corrected chi connectivity index (χ3v) is 4.30. The Hall–Kier alpha value is -3.39. The van der Waals surface area contributed by atoms with Crippen LogP contribution in [0.1, 0.15) is 56.7 Å². The highest BCUT2D eigenvalue weighted by Gasteiger charge is 2.17. The Kier molecular flexibility index (Phi) is 8.37. The largest absolute Gasteiger partial charge is 0.481 e. The molecule has 30 heavy (non-hydrogen) atoms. The number of rotatable bonds is 6. The summed E-state index contributed by atoms with van der Waals surface area (Å²) in [5, 5.41) is 0.778. The van der Waals surface area contributed by atoms with Gasteiger partial charge in [-0.3, -0.25) is 0 Å². The summed E-state index contributed by atoms with van der Waals surface area (Å²) in [5.74, 6) is 2.99. The first-order chi connectivity index (χ1) is 14.5. The third-order valence-electron chi connectivity index (χ3n) is 4.30. The highest BCUT2D eigenvalue weighted by Crippen LogP contribution is 2.30. The van der Waals surface area contributed by atoms with Gasteiger partial charge in [0.1, 0.15) is 12.4 Å². The van der Waals surface area contributed by atoms with Crippen molar-refractivity contribution >= 4 is 16.9 Å². The van der Waals surface area contributed by atoms with Gasteiger partial charge in [0.15, 0.2) is 0 Å². The number of carbonyl (C=O) groups excluding carboxylic acids is 1. The van der Waals surface area contributed by atoms with Crippen molar-refractivity contribution in [3.05, 3.63) is 53.9 Å². The van der Waals surface area contributed by atoms with E-state index in [0.29, 0.717) is 22.9 Å². The smallest absolute Gasteiger partial charge is 0.376 e. The quantitative estimate of drug-likeness (QED) is 0.393. The van der Waals surface area contributed by atoms with Crippen molar-refractivity contribution in [2.75, 3.05) is 13.2 Å². The molecule has 2 aromatic carbocycles. The fourth-order valence-corrected chi connectivity index (χ4v) is 2.86. The Labute approximate surface area is 178 Å². The standard InChI is InChI=1S/C23H22N2O3.C2H6/c1-5-13-28-18-11-12-20-19(14-18)21(25-22(24-20)23(26)27-6-2)17-9-7-16(8-10-17)15(3)4;1-2/h1,7-12,14-15H,6,13H2,2-4H3;1-2H3. The number of terminal acetylenes is 1. The van der Waals surface area contributed by atoms with Crippen molar-refractivity contribution in [1.29, 1.82) is 0 Å². The van der Waals surface area contributed by atoms with Crippen LogP contribution in [0.5, 0.6) is 5.75 Å². The van der Waals surface area contributed by atoms with Crippen molar-refractivity contribution in [3.8, 4) is 29.4 Å². The van der Waals surface area contributed by atoms with Gasteiger partial charge in [-0.25, -0.2) is 14.8 Å². The average molecular weight is 405 g/mol. The van der Waals surface area contributed by atoms with E-state index >= 15 is 0 Å². The molecule has 0 aliphatic heterocycles. The summed E-state index contributed by atoms with van der Waals surface area (Å²) < 4.78 is 10.6. The summed E-state index contributed by atoms with van der Waals surface area (Å²) >= 11 is 0. The topological polar surface area (TPSA) is 61.3 Å². The zero-order valence-electron chi connectivity index (χ0n) is 18.2. The van der Waals surface area contributed by atoms with Gasteiger partial charge >= 0.3 is 5.97 Å². The molecule has 0 radical (unpaired) electrons. The molecule has 0 amide bonds. The second-order valence-electron chi connectivity index (χ2n) is 6.56. The third kappa shape index (κ3) is 5.36. The molecular weight excluding hydrogens is 376 g/mol. The first-order valence-corrected chi connectivity index (χ1v) is 10.2. The zero-order valence-corrected chi connectivity index (χ0v) is 18.2. The van der Waals surface area contributed by atoms with Gasteiger partial charge in [0.25, 0.3) is 0 Å². The number of esters is 1. The van der Waals surface area contributed by atoms with Gasteiger partial charge in [-0.1, -0.05) is 57.9 Å². The summed E-state index contributed by atoms with van der Waals surface area (Å²) in [6.07, 6.45) is 5.28. The van der Waals surface area contributed by atoms with Gasteiger partial charge in [0.2, 0.25) is 5.82 Å². The number of hydrogen-bond acceptors (Lipinski definition) is 5. The molecule has 0 atom stereocenters. The minimum Gasteiger partial charge on any atom is -0.481 e. The van der Waals surface area contributed by atoms with Crippen molar-refractivity contribution in [1.82, 2.24) is 9.97 Å². The first-order valence-electron chi connectivity index (χ1n) is 10.2. The lowest BCUT2D eigenvalue weighted by Crippen LogP contribution is -2.11. The summed E-state index contributed by atoms with van der Waals surface area (Å²) in [4.78, 5) is 21.1. The number of benzene rings is 2. The summed E-state index contributed by atoms with van der Waals surface area (Å²) in [6, 6.07) is 13.5. The number of nitrogens with zero attached hydrogens (tertiary/aromatic N) is 2. The Morgan fingerprint density at radius 2 is 1.80 bits per heavy atom. The predicted molar refractivity (Wildman–Crippen MR) is 121 cm³/mol. The van der Waals surface area contributed by atoms with Gasteiger partial charge < -0.3 is 9.47 Å². The van der Waals surface area contributed by atoms with Crippen LogP contribution in [-0.4, -0.2) is 29.2 Å². The number of fused-ring (bicyclic) bond motifs is 1. The molecule has 5 nitrogen and oxygen atoms in total. The Morgan fingerprint density at radius 1 is 1.10 bits per heavy atom. The molecule has 5 heteroatoms. The highest BCUT2D eigenvalue weighted by atomic mass is 16.5. The van der Waals surface area contributed by atoms with E-state index in [0.717, 1.165) is 10.9 Å². The van der Waals surface area contributed by atoms with Crippen LogP contribution in [-0.2, 0) is 4.74 Å². The van der Waals surface area contributed by atoms with E-state index < -0.39 is 5.97 Å². The van der Waals surface area contributed by atoms with Crippen LogP contribution < -0.4 is 4.74 Å². The monoisotopic (exact) mass is 404 g/mol. The van der Waals surface area contributed by atoms with Crippen molar-refractivity contribution < 1.29 is 14.3 Å². The maximum Gasteiger partial charge on any atom is 0.376 e. The summed E-state index contributed by atoms with van der Waals surface area (Å²) in [7, 11) is 0. The highest BCUT2D eigenvalue weighted by molar-refractivity contribution is 5.96. The van der Waals surface area contributed by atoms with Crippen molar-refractivity contribution in [2.45, 2.75) is 40.5 Å². The zero-order chi connectivity index (χ0) is 22.1. The lowest BCUT2D eigenvalue weighted by molar-refractivity contribution is 0.0512. The second-order valence-corrected chi connectivity index (χ2v) is 6.56. The molecule has 156 valence electrons. The maximum absolute atomic E-state index is 12.2. The maximum atomic E-state index is 12.2. The normalized spacial score (nSPS) is 10.2. The molecule has 1 aromatic heterocycles. The minimum absolute atomic E-state index is 0.0366. The van der Waals surface area contributed by atoms with Crippen LogP contribution in [0.4, 0.5) is 0 Å². The van der Waals surface area contributed by atoms with E-state index in [4.69, 9.17) is 15.9 Å². The van der Waals surface area contributed by atoms with Crippen molar-refractivity contribution in [3.63, 3.8) is 0 Å². The number of carbonyl (C=O) groups is 1. The van der Waals surface area contributed by atoms with E-state index in [-0.39, 0.29) is 19.0 Å². The Morgan fingerprint density at radius 3 is 2.40 bits per heavy atom. The molecule has 3 rings (SSSR count). The summed E-state index contributed by atoms with van der Waals surface area (Å²) in [5.41, 5.74) is 3.39. The SMILES string of the molecule is C#CCOc1ccc2nc(C(=O)OCC)nc(-c3ccc(C(C)C)cc3)c2c1.CC. The number of aromatic nitrogens is 2. The molecule has 0 saturated carbocycles. The second kappa shape index (κ2) is 11.0. The number of ether oxygens (including phenoxy) is 2. The molecule has 0 fully saturated rings. The van der Waals surface area contributed by atoms with Crippen LogP contribution in [0, 0.1) is 12.3 Å². The van der Waals surface area contributed by atoms with Gasteiger partial charge in [-0.15, -0.1) is 6.42 Å². The minimum atomic E-state index is -0.544. The molecule has 0 aliphatic carbocycles. The van der Waals surface area contributed by atoms with Gasteiger partial charge in [-0.05, 0) is 36.6 Å². The van der Waals surface area contributed by atoms with Crippen molar-refractivity contribution in [2.24, 2.45) is 0 Å². The van der Waals surface area contributed by atoms with Crippen LogP contribution in [0.3, 0.4) is 0 Å². The molecule has 0 N–H and O–H groups in total. The van der Waals surface area contributed by atoms with Gasteiger partial charge in [-0.2, -0.15) is 0 Å². The molecule has 0 aliphatic rings. The lowest BCUT2D eigenvalue weighted by Gasteiger charge is -2.11. The molecule has 0 spiro atoms. The van der Waals surface area contributed by atoms with Crippen LogP contribution in [0.2, 0.25) is 0 Å². The van der Waals surface area contributed by atoms with E-state index in [1.807, 2.05) is 32.0 Å². The van der Waals surface area contributed by atoms with E-state index in [9.17, 15) is 4.79 Å². The van der Waals surface area contributed by atoms with Gasteiger partial charge in [0.05, 0.1) is 17.8 Å². The lowest BCUT2D eigenvalue weighted by atomic mass is 9.99. The molecule has 0 bridgehead atoms. The molecule has 0 saturated heterocycles. The van der Waals surface area contributed by atoms with Crippen LogP contribution >= 0.6 is 0 Å². The van der Waals surface area contributed by atoms with Crippen LogP contribution in [0.15, 0.2) is 42.5 Å².